The zero-order valence-corrected chi connectivity index (χ0v) is 12.9. The van der Waals surface area contributed by atoms with Crippen LogP contribution >= 0.6 is 0 Å². The number of carbonyl (C=O) groups is 1. The zero-order valence-electron chi connectivity index (χ0n) is 12.9. The molecule has 0 aliphatic carbocycles. The summed E-state index contributed by atoms with van der Waals surface area (Å²) in [5.41, 5.74) is 2.95. The van der Waals surface area contributed by atoms with E-state index in [2.05, 4.69) is 15.3 Å². The highest BCUT2D eigenvalue weighted by molar-refractivity contribution is 6.04. The first-order chi connectivity index (χ1) is 12.2. The van der Waals surface area contributed by atoms with Crippen molar-refractivity contribution in [2.24, 2.45) is 0 Å². The maximum absolute atomic E-state index is 12.9. The molecular formula is C19H12FN3O2. The molecule has 25 heavy (non-hydrogen) atoms. The Morgan fingerprint density at radius 1 is 1.08 bits per heavy atom. The number of rotatable bonds is 3. The van der Waals surface area contributed by atoms with Crippen LogP contribution in [0.1, 0.15) is 10.4 Å². The van der Waals surface area contributed by atoms with E-state index in [1.165, 1.54) is 24.3 Å². The highest BCUT2D eigenvalue weighted by Crippen LogP contribution is 2.25. The molecule has 1 N–H and O–H groups in total. The van der Waals surface area contributed by atoms with Gasteiger partial charge in [0.25, 0.3) is 5.91 Å². The Labute approximate surface area is 142 Å². The van der Waals surface area contributed by atoms with Gasteiger partial charge in [0.2, 0.25) is 5.89 Å². The van der Waals surface area contributed by atoms with Gasteiger partial charge in [-0.15, -0.1) is 0 Å². The quantitative estimate of drug-likeness (QED) is 0.607. The largest absolute Gasteiger partial charge is 0.436 e. The Bertz CT molecular complexity index is 1040. The topological polar surface area (TPSA) is 68.0 Å². The summed E-state index contributed by atoms with van der Waals surface area (Å²) < 4.78 is 18.6. The van der Waals surface area contributed by atoms with Crippen LogP contribution in [0.4, 0.5) is 10.1 Å². The highest BCUT2D eigenvalue weighted by Gasteiger charge is 2.11. The van der Waals surface area contributed by atoms with E-state index in [1.807, 2.05) is 6.07 Å². The van der Waals surface area contributed by atoms with Crippen molar-refractivity contribution in [1.82, 2.24) is 9.97 Å². The van der Waals surface area contributed by atoms with E-state index >= 15 is 0 Å². The SMILES string of the molecule is O=C(Nc1ccc2oc(-c3cccnc3)nc2c1)c1ccc(F)cc1. The lowest BCUT2D eigenvalue weighted by atomic mass is 10.2. The van der Waals surface area contributed by atoms with Gasteiger partial charge in [-0.2, -0.15) is 0 Å². The van der Waals surface area contributed by atoms with Gasteiger partial charge in [0.1, 0.15) is 11.3 Å². The summed E-state index contributed by atoms with van der Waals surface area (Å²) in [6.45, 7) is 0. The summed E-state index contributed by atoms with van der Waals surface area (Å²) in [5.74, 6) is -0.246. The lowest BCUT2D eigenvalue weighted by Gasteiger charge is -2.04. The van der Waals surface area contributed by atoms with Crippen molar-refractivity contribution in [2.45, 2.75) is 0 Å². The summed E-state index contributed by atoms with van der Waals surface area (Å²) in [6, 6.07) is 14.2. The third kappa shape index (κ3) is 3.10. The number of anilines is 1. The van der Waals surface area contributed by atoms with Crippen LogP contribution in [0.25, 0.3) is 22.6 Å². The number of pyridine rings is 1. The molecule has 2 heterocycles. The first-order valence-corrected chi connectivity index (χ1v) is 7.57. The second kappa shape index (κ2) is 6.16. The lowest BCUT2D eigenvalue weighted by molar-refractivity contribution is 0.102. The molecule has 0 spiro atoms. The number of amides is 1. The number of fused-ring (bicyclic) bond motifs is 1. The Hall–Kier alpha value is -3.54. The van der Waals surface area contributed by atoms with Crippen LogP contribution in [-0.2, 0) is 0 Å². The number of nitrogens with zero attached hydrogens (tertiary/aromatic N) is 2. The summed E-state index contributed by atoms with van der Waals surface area (Å²) in [7, 11) is 0. The van der Waals surface area contributed by atoms with Crippen LogP contribution in [0.3, 0.4) is 0 Å². The van der Waals surface area contributed by atoms with E-state index in [-0.39, 0.29) is 11.7 Å². The number of oxazole rings is 1. The molecule has 2 aromatic carbocycles. The van der Waals surface area contributed by atoms with Gasteiger partial charge in [-0.25, -0.2) is 9.37 Å². The molecule has 0 unspecified atom stereocenters. The van der Waals surface area contributed by atoms with Crippen molar-refractivity contribution in [3.8, 4) is 11.5 Å². The first kappa shape index (κ1) is 15.0. The fourth-order valence-corrected chi connectivity index (χ4v) is 2.42. The molecule has 0 aliphatic rings. The van der Waals surface area contributed by atoms with Gasteiger partial charge in [0, 0.05) is 23.6 Å². The Balaban J connectivity index is 1.61. The third-order valence-electron chi connectivity index (χ3n) is 3.66. The first-order valence-electron chi connectivity index (χ1n) is 7.57. The molecule has 0 bridgehead atoms. The molecule has 122 valence electrons. The van der Waals surface area contributed by atoms with E-state index in [1.54, 1.807) is 36.7 Å². The molecular weight excluding hydrogens is 321 g/mol. The zero-order chi connectivity index (χ0) is 17.2. The fraction of sp³-hybridized carbons (Fsp3) is 0. The number of hydrogen-bond acceptors (Lipinski definition) is 4. The van der Waals surface area contributed by atoms with Gasteiger partial charge >= 0.3 is 0 Å². The Morgan fingerprint density at radius 3 is 2.68 bits per heavy atom. The Kier molecular flexibility index (Phi) is 3.70. The third-order valence-corrected chi connectivity index (χ3v) is 3.66. The second-order valence-electron chi connectivity index (χ2n) is 5.40. The molecule has 0 radical (unpaired) electrons. The van der Waals surface area contributed by atoms with Crippen molar-refractivity contribution < 1.29 is 13.6 Å². The maximum atomic E-state index is 12.9. The molecule has 4 aromatic rings. The van der Waals surface area contributed by atoms with Crippen LogP contribution in [0.5, 0.6) is 0 Å². The van der Waals surface area contributed by atoms with Crippen LogP contribution in [-0.4, -0.2) is 15.9 Å². The number of aromatic nitrogens is 2. The average molecular weight is 333 g/mol. The second-order valence-corrected chi connectivity index (χ2v) is 5.40. The molecule has 0 saturated carbocycles. The maximum Gasteiger partial charge on any atom is 0.255 e. The number of hydrogen-bond donors (Lipinski definition) is 1. The fourth-order valence-electron chi connectivity index (χ4n) is 2.42. The molecule has 1 amide bonds. The normalized spacial score (nSPS) is 10.8. The van der Waals surface area contributed by atoms with Crippen molar-refractivity contribution in [3.05, 3.63) is 78.4 Å². The van der Waals surface area contributed by atoms with Crippen molar-refractivity contribution in [3.63, 3.8) is 0 Å². The Morgan fingerprint density at radius 2 is 1.92 bits per heavy atom. The summed E-state index contributed by atoms with van der Waals surface area (Å²) in [5, 5.41) is 2.76. The van der Waals surface area contributed by atoms with Gasteiger partial charge in [0.15, 0.2) is 5.58 Å². The van der Waals surface area contributed by atoms with Crippen LogP contribution in [0.2, 0.25) is 0 Å². The van der Waals surface area contributed by atoms with Crippen LogP contribution < -0.4 is 5.32 Å². The smallest absolute Gasteiger partial charge is 0.255 e. The van der Waals surface area contributed by atoms with Crippen molar-refractivity contribution in [1.29, 1.82) is 0 Å². The van der Waals surface area contributed by atoms with E-state index < -0.39 is 0 Å². The van der Waals surface area contributed by atoms with Crippen LogP contribution in [0.15, 0.2) is 71.4 Å². The molecule has 0 atom stereocenters. The van der Waals surface area contributed by atoms with Gasteiger partial charge in [-0.1, -0.05) is 0 Å². The van der Waals surface area contributed by atoms with Gasteiger partial charge in [-0.05, 0) is 54.6 Å². The monoisotopic (exact) mass is 333 g/mol. The summed E-state index contributed by atoms with van der Waals surface area (Å²) >= 11 is 0. The average Bonchev–Trinajstić information content (AvgIpc) is 3.06. The molecule has 5 nitrogen and oxygen atoms in total. The molecule has 4 rings (SSSR count). The predicted octanol–water partition coefficient (Wildman–Crippen LogP) is 4.28. The number of nitrogens with one attached hydrogen (secondary N) is 1. The molecule has 2 aromatic heterocycles. The highest BCUT2D eigenvalue weighted by atomic mass is 19.1. The van der Waals surface area contributed by atoms with Gasteiger partial charge in [-0.3, -0.25) is 9.78 Å². The summed E-state index contributed by atoms with van der Waals surface area (Å²) in [6.07, 6.45) is 3.34. The van der Waals surface area contributed by atoms with Crippen molar-refractivity contribution in [2.75, 3.05) is 5.32 Å². The molecule has 0 fully saturated rings. The van der Waals surface area contributed by atoms with E-state index in [4.69, 9.17) is 4.42 Å². The molecule has 6 heteroatoms. The predicted molar refractivity (Wildman–Crippen MR) is 91.6 cm³/mol. The number of halogens is 1. The van der Waals surface area contributed by atoms with Gasteiger partial charge < -0.3 is 9.73 Å². The van der Waals surface area contributed by atoms with E-state index in [9.17, 15) is 9.18 Å². The van der Waals surface area contributed by atoms with Crippen LogP contribution in [0, 0.1) is 5.82 Å². The summed E-state index contributed by atoms with van der Waals surface area (Å²) in [4.78, 5) is 20.7. The standard InChI is InChI=1S/C19H12FN3O2/c20-14-5-3-12(4-6-14)18(24)22-15-7-8-17-16(10-15)23-19(25-17)13-2-1-9-21-11-13/h1-11H,(H,22,24). The van der Waals surface area contributed by atoms with Gasteiger partial charge in [0.05, 0.1) is 5.56 Å². The van der Waals surface area contributed by atoms with E-state index in [0.29, 0.717) is 28.2 Å². The molecule has 0 saturated heterocycles. The number of benzene rings is 2. The molecule has 0 aliphatic heterocycles. The minimum Gasteiger partial charge on any atom is -0.436 e. The van der Waals surface area contributed by atoms with Crippen molar-refractivity contribution >= 4 is 22.7 Å². The van der Waals surface area contributed by atoms with E-state index in [0.717, 1.165) is 5.56 Å². The minimum absolute atomic E-state index is 0.324. The number of carbonyl (C=O) groups excluding carboxylic acids is 1. The minimum atomic E-state index is -0.386. The lowest BCUT2D eigenvalue weighted by Crippen LogP contribution is -2.11.